The standard InChI is InChI=1S/C15H30N2/c1-15(2,14-6-4-9-16-11-14)12-17-10-3-5-13-7-8-13/h13-14,16-17H,3-12H2,1-2H3. The molecule has 2 rings (SSSR count). The Balaban J connectivity index is 1.57. The molecule has 1 atom stereocenters. The fraction of sp³-hybridized carbons (Fsp3) is 1.00. The first kappa shape index (κ1) is 13.4. The number of hydrogen-bond acceptors (Lipinski definition) is 2. The van der Waals surface area contributed by atoms with Crippen molar-refractivity contribution in [3.8, 4) is 0 Å². The lowest BCUT2D eigenvalue weighted by molar-refractivity contribution is 0.166. The van der Waals surface area contributed by atoms with E-state index in [1.54, 1.807) is 0 Å². The summed E-state index contributed by atoms with van der Waals surface area (Å²) in [5.41, 5.74) is 0.451. The molecule has 17 heavy (non-hydrogen) atoms. The van der Waals surface area contributed by atoms with Gasteiger partial charge in [-0.1, -0.05) is 26.7 Å². The molecular weight excluding hydrogens is 208 g/mol. The highest BCUT2D eigenvalue weighted by atomic mass is 14.9. The molecule has 1 heterocycles. The van der Waals surface area contributed by atoms with Gasteiger partial charge in [0.15, 0.2) is 0 Å². The highest BCUT2D eigenvalue weighted by molar-refractivity contribution is 4.84. The zero-order valence-electron chi connectivity index (χ0n) is 11.7. The average molecular weight is 238 g/mol. The van der Waals surface area contributed by atoms with Crippen molar-refractivity contribution in [1.29, 1.82) is 0 Å². The first-order valence-corrected chi connectivity index (χ1v) is 7.60. The zero-order valence-corrected chi connectivity index (χ0v) is 11.7. The summed E-state index contributed by atoms with van der Waals surface area (Å²) in [6.45, 7) is 9.71. The van der Waals surface area contributed by atoms with Gasteiger partial charge in [0, 0.05) is 6.54 Å². The van der Waals surface area contributed by atoms with Crippen LogP contribution in [-0.2, 0) is 0 Å². The van der Waals surface area contributed by atoms with Gasteiger partial charge in [0.05, 0.1) is 0 Å². The maximum absolute atomic E-state index is 3.68. The molecule has 2 aliphatic rings. The summed E-state index contributed by atoms with van der Waals surface area (Å²) < 4.78 is 0. The number of hydrogen-bond donors (Lipinski definition) is 2. The summed E-state index contributed by atoms with van der Waals surface area (Å²) in [6.07, 6.45) is 8.60. The average Bonchev–Trinajstić information content (AvgIpc) is 3.14. The lowest BCUT2D eigenvalue weighted by Gasteiger charge is -2.37. The molecule has 2 heteroatoms. The van der Waals surface area contributed by atoms with Gasteiger partial charge < -0.3 is 10.6 Å². The van der Waals surface area contributed by atoms with E-state index >= 15 is 0 Å². The molecule has 1 aliphatic heterocycles. The Morgan fingerprint density at radius 2 is 2.06 bits per heavy atom. The van der Waals surface area contributed by atoms with E-state index in [1.807, 2.05) is 0 Å². The maximum atomic E-state index is 3.68. The van der Waals surface area contributed by atoms with Crippen molar-refractivity contribution in [2.45, 2.75) is 52.4 Å². The van der Waals surface area contributed by atoms with Gasteiger partial charge in [-0.25, -0.2) is 0 Å². The molecular formula is C15H30N2. The Bertz CT molecular complexity index is 215. The van der Waals surface area contributed by atoms with Crippen molar-refractivity contribution in [1.82, 2.24) is 10.6 Å². The topological polar surface area (TPSA) is 24.1 Å². The molecule has 1 saturated heterocycles. The smallest absolute Gasteiger partial charge is 0.000565 e. The predicted molar refractivity (Wildman–Crippen MR) is 74.2 cm³/mol. The van der Waals surface area contributed by atoms with Gasteiger partial charge in [0.1, 0.15) is 0 Å². The first-order chi connectivity index (χ1) is 8.18. The van der Waals surface area contributed by atoms with E-state index in [-0.39, 0.29) is 0 Å². The van der Waals surface area contributed by atoms with Crippen molar-refractivity contribution in [2.24, 2.45) is 17.3 Å². The fourth-order valence-corrected chi connectivity index (χ4v) is 3.00. The van der Waals surface area contributed by atoms with Crippen LogP contribution in [0, 0.1) is 17.3 Å². The van der Waals surface area contributed by atoms with Crippen molar-refractivity contribution in [3.05, 3.63) is 0 Å². The quantitative estimate of drug-likeness (QED) is 0.667. The Hall–Kier alpha value is -0.0800. The highest BCUT2D eigenvalue weighted by Gasteiger charge is 2.30. The molecule has 0 amide bonds. The second-order valence-corrected chi connectivity index (χ2v) is 6.79. The molecule has 1 aliphatic carbocycles. The third-order valence-corrected chi connectivity index (χ3v) is 4.65. The Kier molecular flexibility index (Phi) is 4.87. The van der Waals surface area contributed by atoms with E-state index < -0.39 is 0 Å². The van der Waals surface area contributed by atoms with Crippen LogP contribution in [0.15, 0.2) is 0 Å². The van der Waals surface area contributed by atoms with Gasteiger partial charge >= 0.3 is 0 Å². The normalized spacial score (nSPS) is 26.1. The third kappa shape index (κ3) is 4.59. The monoisotopic (exact) mass is 238 g/mol. The summed E-state index contributed by atoms with van der Waals surface area (Å²) in [5, 5.41) is 7.22. The van der Waals surface area contributed by atoms with Crippen molar-refractivity contribution in [3.63, 3.8) is 0 Å². The second-order valence-electron chi connectivity index (χ2n) is 6.79. The first-order valence-electron chi connectivity index (χ1n) is 7.60. The van der Waals surface area contributed by atoms with Crippen LogP contribution in [-0.4, -0.2) is 26.2 Å². The molecule has 0 aromatic heterocycles. The minimum Gasteiger partial charge on any atom is -0.316 e. The lowest BCUT2D eigenvalue weighted by atomic mass is 9.75. The summed E-state index contributed by atoms with van der Waals surface area (Å²) in [5.74, 6) is 1.94. The van der Waals surface area contributed by atoms with Gasteiger partial charge in [-0.05, 0) is 62.6 Å². The Morgan fingerprint density at radius 1 is 1.24 bits per heavy atom. The fourth-order valence-electron chi connectivity index (χ4n) is 3.00. The van der Waals surface area contributed by atoms with Crippen LogP contribution < -0.4 is 10.6 Å². The van der Waals surface area contributed by atoms with Crippen LogP contribution in [0.2, 0.25) is 0 Å². The molecule has 0 aromatic carbocycles. The predicted octanol–water partition coefficient (Wildman–Crippen LogP) is 2.79. The minimum atomic E-state index is 0.451. The SMILES string of the molecule is CC(C)(CNCCCC1CC1)C1CCCNC1. The zero-order chi connectivity index (χ0) is 12.1. The van der Waals surface area contributed by atoms with Crippen LogP contribution >= 0.6 is 0 Å². The van der Waals surface area contributed by atoms with E-state index in [2.05, 4.69) is 24.5 Å². The number of piperidine rings is 1. The van der Waals surface area contributed by atoms with Gasteiger partial charge in [-0.2, -0.15) is 0 Å². The third-order valence-electron chi connectivity index (χ3n) is 4.65. The molecule has 2 N–H and O–H groups in total. The van der Waals surface area contributed by atoms with Crippen molar-refractivity contribution in [2.75, 3.05) is 26.2 Å². The number of rotatable bonds is 7. The summed E-state index contributed by atoms with van der Waals surface area (Å²) in [7, 11) is 0. The van der Waals surface area contributed by atoms with Crippen molar-refractivity contribution >= 4 is 0 Å². The lowest BCUT2D eigenvalue weighted by Crippen LogP contribution is -2.43. The van der Waals surface area contributed by atoms with E-state index in [0.717, 1.165) is 11.8 Å². The van der Waals surface area contributed by atoms with Crippen LogP contribution in [0.5, 0.6) is 0 Å². The van der Waals surface area contributed by atoms with Crippen LogP contribution in [0.25, 0.3) is 0 Å². The van der Waals surface area contributed by atoms with E-state index in [4.69, 9.17) is 0 Å². The van der Waals surface area contributed by atoms with Crippen LogP contribution in [0.3, 0.4) is 0 Å². The van der Waals surface area contributed by atoms with Gasteiger partial charge in [0.2, 0.25) is 0 Å². The minimum absolute atomic E-state index is 0.451. The van der Waals surface area contributed by atoms with Crippen LogP contribution in [0.1, 0.15) is 52.4 Å². The highest BCUT2D eigenvalue weighted by Crippen LogP contribution is 2.33. The van der Waals surface area contributed by atoms with E-state index in [1.165, 1.54) is 64.7 Å². The molecule has 1 saturated carbocycles. The maximum Gasteiger partial charge on any atom is 0.000565 e. The van der Waals surface area contributed by atoms with Gasteiger partial charge in [-0.3, -0.25) is 0 Å². The van der Waals surface area contributed by atoms with Crippen LogP contribution in [0.4, 0.5) is 0 Å². The molecule has 0 bridgehead atoms. The van der Waals surface area contributed by atoms with E-state index in [9.17, 15) is 0 Å². The largest absolute Gasteiger partial charge is 0.316 e. The Morgan fingerprint density at radius 3 is 2.71 bits per heavy atom. The van der Waals surface area contributed by atoms with E-state index in [0.29, 0.717) is 5.41 Å². The summed E-state index contributed by atoms with van der Waals surface area (Å²) in [4.78, 5) is 0. The molecule has 2 nitrogen and oxygen atoms in total. The summed E-state index contributed by atoms with van der Waals surface area (Å²) >= 11 is 0. The number of nitrogens with one attached hydrogen (secondary N) is 2. The van der Waals surface area contributed by atoms with Gasteiger partial charge in [-0.15, -0.1) is 0 Å². The molecule has 100 valence electrons. The molecule has 0 aromatic rings. The molecule has 2 fully saturated rings. The molecule has 0 radical (unpaired) electrons. The van der Waals surface area contributed by atoms with Crippen molar-refractivity contribution < 1.29 is 0 Å². The van der Waals surface area contributed by atoms with Gasteiger partial charge in [0.25, 0.3) is 0 Å². The second kappa shape index (κ2) is 6.19. The molecule has 1 unspecified atom stereocenters. The summed E-state index contributed by atoms with van der Waals surface area (Å²) in [6, 6.07) is 0. The molecule has 0 spiro atoms. The Labute approximate surface area is 107 Å².